The summed E-state index contributed by atoms with van der Waals surface area (Å²) >= 11 is 0. The largest absolute Gasteiger partial charge is 0.507 e. The topological polar surface area (TPSA) is 66.4 Å². The number of carbonyl (C=O) groups excluding carboxylic acids is 1. The first-order valence-corrected chi connectivity index (χ1v) is 8.59. The fraction of sp³-hybridized carbons (Fsp3) is 0.235. The van der Waals surface area contributed by atoms with Gasteiger partial charge in [-0.3, -0.25) is 9.00 Å². The van der Waals surface area contributed by atoms with E-state index in [1.807, 2.05) is 25.1 Å². The van der Waals surface area contributed by atoms with Crippen molar-refractivity contribution in [1.29, 1.82) is 0 Å². The summed E-state index contributed by atoms with van der Waals surface area (Å²) in [6.07, 6.45) is 2.43. The number of amides is 1. The maximum absolute atomic E-state index is 12.1. The van der Waals surface area contributed by atoms with Crippen molar-refractivity contribution in [3.8, 4) is 5.75 Å². The SMILES string of the molecule is CCc1ccc(C(=O)NCc2ccc(S(C)=O)cc2)c(O)c1. The molecule has 0 radical (unpaired) electrons. The highest BCUT2D eigenvalue weighted by Gasteiger charge is 2.11. The highest BCUT2D eigenvalue weighted by molar-refractivity contribution is 7.84. The van der Waals surface area contributed by atoms with Gasteiger partial charge in [0.15, 0.2) is 0 Å². The second kappa shape index (κ2) is 7.22. The summed E-state index contributed by atoms with van der Waals surface area (Å²) in [5.74, 6) is -0.322. The van der Waals surface area contributed by atoms with Gasteiger partial charge in [-0.25, -0.2) is 0 Å². The normalized spacial score (nSPS) is 11.9. The van der Waals surface area contributed by atoms with Crippen LogP contribution in [0.2, 0.25) is 0 Å². The van der Waals surface area contributed by atoms with E-state index in [9.17, 15) is 14.1 Å². The molecule has 4 nitrogen and oxygen atoms in total. The number of nitrogens with one attached hydrogen (secondary N) is 1. The van der Waals surface area contributed by atoms with E-state index < -0.39 is 10.8 Å². The molecule has 22 heavy (non-hydrogen) atoms. The van der Waals surface area contributed by atoms with Crippen molar-refractivity contribution < 1.29 is 14.1 Å². The van der Waals surface area contributed by atoms with Gasteiger partial charge in [-0.1, -0.05) is 25.1 Å². The first-order valence-electron chi connectivity index (χ1n) is 7.03. The summed E-state index contributed by atoms with van der Waals surface area (Å²) in [5, 5.41) is 12.7. The van der Waals surface area contributed by atoms with E-state index in [0.717, 1.165) is 22.4 Å². The number of phenols is 1. The fourth-order valence-corrected chi connectivity index (χ4v) is 2.59. The predicted octanol–water partition coefficient (Wildman–Crippen LogP) is 2.62. The molecule has 0 fully saturated rings. The quantitative estimate of drug-likeness (QED) is 0.891. The fourth-order valence-electron chi connectivity index (χ4n) is 2.07. The lowest BCUT2D eigenvalue weighted by atomic mass is 10.1. The lowest BCUT2D eigenvalue weighted by Gasteiger charge is -2.08. The molecule has 1 unspecified atom stereocenters. The molecule has 2 aromatic rings. The van der Waals surface area contributed by atoms with Crippen LogP contribution in [0.25, 0.3) is 0 Å². The Kier molecular flexibility index (Phi) is 5.33. The van der Waals surface area contributed by atoms with Crippen LogP contribution in [-0.4, -0.2) is 21.5 Å². The molecule has 0 aromatic heterocycles. The average Bonchev–Trinajstić information content (AvgIpc) is 2.52. The Labute approximate surface area is 132 Å². The number of aryl methyl sites for hydroxylation is 1. The second-order valence-electron chi connectivity index (χ2n) is 4.99. The molecule has 116 valence electrons. The Morgan fingerprint density at radius 1 is 1.14 bits per heavy atom. The van der Waals surface area contributed by atoms with E-state index >= 15 is 0 Å². The van der Waals surface area contributed by atoms with Gasteiger partial charge in [-0.15, -0.1) is 0 Å². The maximum Gasteiger partial charge on any atom is 0.255 e. The highest BCUT2D eigenvalue weighted by Crippen LogP contribution is 2.19. The smallest absolute Gasteiger partial charge is 0.255 e. The zero-order valence-electron chi connectivity index (χ0n) is 12.6. The predicted molar refractivity (Wildman–Crippen MR) is 87.4 cm³/mol. The van der Waals surface area contributed by atoms with Crippen molar-refractivity contribution in [3.05, 3.63) is 59.2 Å². The Morgan fingerprint density at radius 2 is 1.77 bits per heavy atom. The number of phenolic OH excluding ortho intramolecular Hbond substituents is 1. The molecular formula is C17H19NO3S. The average molecular weight is 317 g/mol. The van der Waals surface area contributed by atoms with Gasteiger partial charge in [0.25, 0.3) is 5.91 Å². The summed E-state index contributed by atoms with van der Waals surface area (Å²) in [4.78, 5) is 12.8. The zero-order valence-corrected chi connectivity index (χ0v) is 13.4. The third-order valence-corrected chi connectivity index (χ3v) is 4.36. The Balaban J connectivity index is 2.02. The number of carbonyl (C=O) groups is 1. The molecule has 2 rings (SSSR count). The van der Waals surface area contributed by atoms with E-state index in [2.05, 4.69) is 5.32 Å². The molecule has 0 saturated heterocycles. The Hall–Kier alpha value is -2.14. The molecule has 0 aliphatic rings. The van der Waals surface area contributed by atoms with Gasteiger partial charge >= 0.3 is 0 Å². The van der Waals surface area contributed by atoms with Gasteiger partial charge in [0.05, 0.1) is 5.56 Å². The van der Waals surface area contributed by atoms with Gasteiger partial charge in [0.1, 0.15) is 5.75 Å². The summed E-state index contributed by atoms with van der Waals surface area (Å²) in [5.41, 5.74) is 2.16. The van der Waals surface area contributed by atoms with Crippen LogP contribution >= 0.6 is 0 Å². The molecule has 5 heteroatoms. The molecule has 0 heterocycles. The van der Waals surface area contributed by atoms with Gasteiger partial charge in [-0.05, 0) is 41.8 Å². The van der Waals surface area contributed by atoms with Crippen LogP contribution in [-0.2, 0) is 23.8 Å². The van der Waals surface area contributed by atoms with E-state index in [0.29, 0.717) is 6.54 Å². The molecule has 0 bridgehead atoms. The van der Waals surface area contributed by atoms with E-state index in [1.165, 1.54) is 0 Å². The second-order valence-corrected chi connectivity index (χ2v) is 6.37. The van der Waals surface area contributed by atoms with Crippen LogP contribution in [0.5, 0.6) is 5.75 Å². The minimum atomic E-state index is -1.01. The standard InChI is InChI=1S/C17H19NO3S/c1-3-12-6-9-15(16(19)10-12)17(20)18-11-13-4-7-14(8-5-13)22(2)21/h4-10,19H,3,11H2,1-2H3,(H,18,20). The van der Waals surface area contributed by atoms with Crippen molar-refractivity contribution in [2.45, 2.75) is 24.8 Å². The lowest BCUT2D eigenvalue weighted by molar-refractivity contribution is 0.0948. The van der Waals surface area contributed by atoms with Crippen molar-refractivity contribution >= 4 is 16.7 Å². The molecular weight excluding hydrogens is 298 g/mol. The van der Waals surface area contributed by atoms with Crippen molar-refractivity contribution in [2.24, 2.45) is 0 Å². The molecule has 2 N–H and O–H groups in total. The highest BCUT2D eigenvalue weighted by atomic mass is 32.2. The molecule has 1 amide bonds. The van der Waals surface area contributed by atoms with Crippen molar-refractivity contribution in [1.82, 2.24) is 5.32 Å². The third kappa shape index (κ3) is 3.95. The Bertz CT molecular complexity index is 696. The van der Waals surface area contributed by atoms with Gasteiger partial charge in [-0.2, -0.15) is 0 Å². The van der Waals surface area contributed by atoms with Crippen LogP contribution in [0, 0.1) is 0 Å². The zero-order chi connectivity index (χ0) is 16.1. The van der Waals surface area contributed by atoms with Crippen LogP contribution in [0.4, 0.5) is 0 Å². The molecule has 0 saturated carbocycles. The lowest BCUT2D eigenvalue weighted by Crippen LogP contribution is -2.22. The minimum absolute atomic E-state index is 0.00595. The van der Waals surface area contributed by atoms with Crippen LogP contribution < -0.4 is 5.32 Å². The van der Waals surface area contributed by atoms with E-state index in [1.54, 1.807) is 30.5 Å². The summed E-state index contributed by atoms with van der Waals surface area (Å²) in [6.45, 7) is 2.34. The van der Waals surface area contributed by atoms with Crippen LogP contribution in [0.15, 0.2) is 47.4 Å². The number of hydrogen-bond acceptors (Lipinski definition) is 3. The number of aromatic hydroxyl groups is 1. The summed E-state index contributed by atoms with van der Waals surface area (Å²) < 4.78 is 11.3. The van der Waals surface area contributed by atoms with Crippen molar-refractivity contribution in [2.75, 3.05) is 6.26 Å². The first-order chi connectivity index (χ1) is 10.5. The molecule has 0 aliphatic carbocycles. The summed E-state index contributed by atoms with van der Waals surface area (Å²) in [7, 11) is -1.01. The summed E-state index contributed by atoms with van der Waals surface area (Å²) in [6, 6.07) is 12.3. The molecule has 0 spiro atoms. The third-order valence-electron chi connectivity index (χ3n) is 3.42. The number of hydrogen-bond donors (Lipinski definition) is 2. The van der Waals surface area contributed by atoms with Crippen LogP contribution in [0.3, 0.4) is 0 Å². The van der Waals surface area contributed by atoms with Crippen molar-refractivity contribution in [3.63, 3.8) is 0 Å². The van der Waals surface area contributed by atoms with Gasteiger partial charge < -0.3 is 10.4 Å². The minimum Gasteiger partial charge on any atom is -0.507 e. The maximum atomic E-state index is 12.1. The van der Waals surface area contributed by atoms with Gasteiger partial charge in [0, 0.05) is 28.5 Å². The number of benzene rings is 2. The monoisotopic (exact) mass is 317 g/mol. The number of rotatable bonds is 5. The van der Waals surface area contributed by atoms with E-state index in [4.69, 9.17) is 0 Å². The molecule has 2 aromatic carbocycles. The molecule has 1 atom stereocenters. The Morgan fingerprint density at radius 3 is 2.32 bits per heavy atom. The van der Waals surface area contributed by atoms with E-state index in [-0.39, 0.29) is 17.2 Å². The van der Waals surface area contributed by atoms with Crippen LogP contribution in [0.1, 0.15) is 28.4 Å². The van der Waals surface area contributed by atoms with Gasteiger partial charge in [0.2, 0.25) is 0 Å². The first kappa shape index (κ1) is 16.2. The molecule has 0 aliphatic heterocycles.